The molecule has 1 unspecified atom stereocenters. The van der Waals surface area contributed by atoms with Gasteiger partial charge >= 0.3 is 0 Å². The first-order valence-corrected chi connectivity index (χ1v) is 9.01. The smallest absolute Gasteiger partial charge is 0.254 e. The van der Waals surface area contributed by atoms with Crippen molar-refractivity contribution in [3.63, 3.8) is 0 Å². The minimum Gasteiger partial charge on any atom is -0.335 e. The molecule has 1 aromatic carbocycles. The van der Waals surface area contributed by atoms with Gasteiger partial charge < -0.3 is 4.90 Å². The normalized spacial score (nSPS) is 18.1. The highest BCUT2D eigenvalue weighted by molar-refractivity contribution is 8.01. The van der Waals surface area contributed by atoms with Crippen molar-refractivity contribution in [2.45, 2.75) is 30.1 Å². The van der Waals surface area contributed by atoms with Gasteiger partial charge in [-0.1, -0.05) is 30.0 Å². The topological polar surface area (TPSA) is 33.2 Å². The minimum absolute atomic E-state index is 0.161. The van der Waals surface area contributed by atoms with E-state index >= 15 is 0 Å². The van der Waals surface area contributed by atoms with Gasteiger partial charge in [0.25, 0.3) is 5.91 Å². The third kappa shape index (κ3) is 3.47. The molecule has 3 rings (SSSR count). The first kappa shape index (κ1) is 14.6. The van der Waals surface area contributed by atoms with E-state index in [1.54, 1.807) is 23.1 Å². The van der Waals surface area contributed by atoms with Crippen LogP contribution in [0.15, 0.2) is 40.1 Å². The summed E-state index contributed by atoms with van der Waals surface area (Å²) in [5.74, 6) is 1.10. The van der Waals surface area contributed by atoms with Crippen LogP contribution < -0.4 is 0 Å². The highest BCUT2D eigenvalue weighted by Gasteiger charge is 2.29. The maximum Gasteiger partial charge on any atom is 0.254 e. The minimum atomic E-state index is 0.161. The number of carbonyl (C=O) groups excluding carboxylic acids is 1. The molecule has 0 N–H and O–H groups in total. The summed E-state index contributed by atoms with van der Waals surface area (Å²) in [6.07, 6.45) is 2.19. The lowest BCUT2D eigenvalue weighted by Gasteiger charge is -2.24. The van der Waals surface area contributed by atoms with Crippen LogP contribution in [0.3, 0.4) is 0 Å². The third-order valence-electron chi connectivity index (χ3n) is 3.66. The second kappa shape index (κ2) is 6.62. The van der Waals surface area contributed by atoms with Crippen molar-refractivity contribution < 1.29 is 4.79 Å². The molecule has 0 aliphatic carbocycles. The van der Waals surface area contributed by atoms with Gasteiger partial charge in [-0.3, -0.25) is 4.79 Å². The number of aromatic nitrogens is 1. The first-order valence-electron chi connectivity index (χ1n) is 7.15. The number of benzene rings is 1. The predicted octanol–water partition coefficient (Wildman–Crippen LogP) is 3.85. The standard InChI is InChI=1S/C16H18N2OS2/c1-12-10-20-16(17-12)21-11-14-8-5-9-18(14)15(19)13-6-3-2-4-7-13/h2-4,6-7,10,14H,5,8-9,11H2,1H3. The van der Waals surface area contributed by atoms with Crippen LogP contribution in [-0.2, 0) is 0 Å². The van der Waals surface area contributed by atoms with Gasteiger partial charge in [-0.25, -0.2) is 4.98 Å². The quantitative estimate of drug-likeness (QED) is 0.803. The molecule has 3 nitrogen and oxygen atoms in total. The Kier molecular flexibility index (Phi) is 4.60. The van der Waals surface area contributed by atoms with Crippen LogP contribution in [0.1, 0.15) is 28.9 Å². The van der Waals surface area contributed by atoms with Gasteiger partial charge in [0.1, 0.15) is 4.34 Å². The zero-order chi connectivity index (χ0) is 14.7. The summed E-state index contributed by atoms with van der Waals surface area (Å²) in [7, 11) is 0. The molecule has 1 atom stereocenters. The third-order valence-corrected chi connectivity index (χ3v) is 5.94. The summed E-state index contributed by atoms with van der Waals surface area (Å²) in [5, 5.41) is 2.07. The van der Waals surface area contributed by atoms with Gasteiger partial charge in [-0.2, -0.15) is 0 Å². The molecule has 2 heterocycles. The fraction of sp³-hybridized carbons (Fsp3) is 0.375. The lowest BCUT2D eigenvalue weighted by atomic mass is 10.2. The molecule has 21 heavy (non-hydrogen) atoms. The first-order chi connectivity index (χ1) is 10.2. The van der Waals surface area contributed by atoms with Crippen molar-refractivity contribution in [3.8, 4) is 0 Å². The van der Waals surface area contributed by atoms with E-state index in [9.17, 15) is 4.79 Å². The second-order valence-electron chi connectivity index (χ2n) is 5.23. The van der Waals surface area contributed by atoms with Crippen molar-refractivity contribution in [3.05, 3.63) is 47.0 Å². The van der Waals surface area contributed by atoms with E-state index in [1.807, 2.05) is 42.2 Å². The van der Waals surface area contributed by atoms with Crippen LogP contribution in [0.4, 0.5) is 0 Å². The molecule has 1 aromatic heterocycles. The van der Waals surface area contributed by atoms with E-state index in [2.05, 4.69) is 10.4 Å². The van der Waals surface area contributed by atoms with Crippen LogP contribution in [0.5, 0.6) is 0 Å². The van der Waals surface area contributed by atoms with Gasteiger partial charge in [0.2, 0.25) is 0 Å². The number of aryl methyl sites for hydroxylation is 1. The van der Waals surface area contributed by atoms with E-state index in [0.29, 0.717) is 6.04 Å². The molecule has 1 amide bonds. The maximum atomic E-state index is 12.6. The molecule has 110 valence electrons. The Bertz CT molecular complexity index is 612. The molecule has 2 aromatic rings. The number of nitrogens with zero attached hydrogens (tertiary/aromatic N) is 2. The Morgan fingerprint density at radius 3 is 2.95 bits per heavy atom. The van der Waals surface area contributed by atoms with E-state index in [1.165, 1.54) is 0 Å². The molecule has 1 aliphatic heterocycles. The second-order valence-corrected chi connectivity index (χ2v) is 7.35. The average molecular weight is 318 g/mol. The molecule has 0 radical (unpaired) electrons. The lowest BCUT2D eigenvalue weighted by Crippen LogP contribution is -2.36. The number of carbonyl (C=O) groups is 1. The number of thiazole rings is 1. The summed E-state index contributed by atoms with van der Waals surface area (Å²) < 4.78 is 1.10. The van der Waals surface area contributed by atoms with Crippen molar-refractivity contribution in [1.82, 2.24) is 9.88 Å². The van der Waals surface area contributed by atoms with Gasteiger partial charge in [-0.05, 0) is 31.9 Å². The van der Waals surface area contributed by atoms with Gasteiger partial charge in [-0.15, -0.1) is 11.3 Å². The Morgan fingerprint density at radius 1 is 1.43 bits per heavy atom. The van der Waals surface area contributed by atoms with Gasteiger partial charge in [0.05, 0.1) is 0 Å². The van der Waals surface area contributed by atoms with Crippen LogP contribution in [0.25, 0.3) is 0 Å². The number of hydrogen-bond donors (Lipinski definition) is 0. The number of rotatable bonds is 4. The van der Waals surface area contributed by atoms with Crippen molar-refractivity contribution in [2.75, 3.05) is 12.3 Å². The molecule has 1 saturated heterocycles. The summed E-state index contributed by atoms with van der Waals surface area (Å²) in [6.45, 7) is 2.89. The fourth-order valence-corrected chi connectivity index (χ4v) is 4.62. The number of likely N-dealkylation sites (tertiary alicyclic amines) is 1. The lowest BCUT2D eigenvalue weighted by molar-refractivity contribution is 0.0750. The molecular formula is C16H18N2OS2. The summed E-state index contributed by atoms with van der Waals surface area (Å²) >= 11 is 3.46. The van der Waals surface area contributed by atoms with Crippen molar-refractivity contribution >= 4 is 29.0 Å². The van der Waals surface area contributed by atoms with E-state index in [4.69, 9.17) is 0 Å². The van der Waals surface area contributed by atoms with Crippen LogP contribution >= 0.6 is 23.1 Å². The van der Waals surface area contributed by atoms with Crippen molar-refractivity contribution in [1.29, 1.82) is 0 Å². The van der Waals surface area contributed by atoms with Crippen LogP contribution in [0, 0.1) is 6.92 Å². The fourth-order valence-electron chi connectivity index (χ4n) is 2.59. The molecule has 1 aliphatic rings. The molecular weight excluding hydrogens is 300 g/mol. The molecule has 0 bridgehead atoms. The van der Waals surface area contributed by atoms with E-state index in [-0.39, 0.29) is 5.91 Å². The highest BCUT2D eigenvalue weighted by atomic mass is 32.2. The molecule has 1 fully saturated rings. The van der Waals surface area contributed by atoms with Crippen LogP contribution in [0.2, 0.25) is 0 Å². The SMILES string of the molecule is Cc1csc(SCC2CCCN2C(=O)c2ccccc2)n1. The monoisotopic (exact) mass is 318 g/mol. The summed E-state index contributed by atoms with van der Waals surface area (Å²) in [6, 6.07) is 9.91. The zero-order valence-corrected chi connectivity index (χ0v) is 13.6. The molecule has 0 saturated carbocycles. The number of hydrogen-bond acceptors (Lipinski definition) is 4. The maximum absolute atomic E-state index is 12.6. The Balaban J connectivity index is 1.64. The number of thioether (sulfide) groups is 1. The summed E-state index contributed by atoms with van der Waals surface area (Å²) in [5.41, 5.74) is 1.87. The van der Waals surface area contributed by atoms with Crippen LogP contribution in [-0.4, -0.2) is 34.1 Å². The zero-order valence-electron chi connectivity index (χ0n) is 12.0. The Hall–Kier alpha value is -1.33. The van der Waals surface area contributed by atoms with Gasteiger partial charge in [0, 0.05) is 35.0 Å². The predicted molar refractivity (Wildman–Crippen MR) is 88.1 cm³/mol. The average Bonchev–Trinajstić information content (AvgIpc) is 3.14. The Labute approximate surface area is 133 Å². The highest BCUT2D eigenvalue weighted by Crippen LogP contribution is 2.28. The van der Waals surface area contributed by atoms with Gasteiger partial charge in [0.15, 0.2) is 0 Å². The largest absolute Gasteiger partial charge is 0.335 e. The van der Waals surface area contributed by atoms with E-state index in [0.717, 1.165) is 40.7 Å². The van der Waals surface area contributed by atoms with E-state index < -0.39 is 0 Å². The van der Waals surface area contributed by atoms with Crippen molar-refractivity contribution in [2.24, 2.45) is 0 Å². The Morgan fingerprint density at radius 2 is 2.24 bits per heavy atom. The summed E-state index contributed by atoms with van der Waals surface area (Å²) in [4.78, 5) is 19.1. The number of amides is 1. The molecule has 5 heteroatoms. The molecule has 0 spiro atoms.